The van der Waals surface area contributed by atoms with E-state index in [0.29, 0.717) is 12.6 Å². The Balaban J connectivity index is 1.43. The summed E-state index contributed by atoms with van der Waals surface area (Å²) in [7, 11) is 0. The van der Waals surface area contributed by atoms with Gasteiger partial charge in [-0.3, -0.25) is 4.79 Å². The van der Waals surface area contributed by atoms with Crippen LogP contribution < -0.4 is 5.32 Å². The van der Waals surface area contributed by atoms with E-state index in [1.54, 1.807) is 0 Å². The number of aromatic nitrogens is 3. The Morgan fingerprint density at radius 3 is 2.71 bits per heavy atom. The van der Waals surface area contributed by atoms with E-state index in [0.717, 1.165) is 98.4 Å². The van der Waals surface area contributed by atoms with Crippen LogP contribution in [-0.4, -0.2) is 57.9 Å². The maximum Gasteiger partial charge on any atom is 0.308 e. The fourth-order valence-electron chi connectivity index (χ4n) is 5.55. The number of esters is 1. The fraction of sp³-hybridized carbons (Fsp3) is 0.680. The summed E-state index contributed by atoms with van der Waals surface area (Å²) in [5.74, 6) is -0.124. The summed E-state index contributed by atoms with van der Waals surface area (Å²) in [5.41, 5.74) is 4.48. The molecule has 1 saturated heterocycles. The number of fused-ring (bicyclic) bond motifs is 1. The Bertz CT molecular complexity index is 1080. The maximum absolute atomic E-state index is 12.2. The lowest BCUT2D eigenvalue weighted by molar-refractivity contribution is -0.151. The van der Waals surface area contributed by atoms with Gasteiger partial charge in [0.25, 0.3) is 0 Å². The molecule has 9 heteroatoms. The summed E-state index contributed by atoms with van der Waals surface area (Å²) in [6.45, 7) is 8.70. The normalized spacial score (nSPS) is 25.4. The van der Waals surface area contributed by atoms with Gasteiger partial charge in [0.1, 0.15) is 5.60 Å². The van der Waals surface area contributed by atoms with Crippen molar-refractivity contribution < 1.29 is 19.1 Å². The third kappa shape index (κ3) is 4.26. The third-order valence-electron chi connectivity index (χ3n) is 7.48. The van der Waals surface area contributed by atoms with Crippen molar-refractivity contribution in [2.24, 2.45) is 11.1 Å². The molecule has 0 atom stereocenters. The molecule has 5 rings (SSSR count). The molecular weight excluding hydrogens is 434 g/mol. The minimum absolute atomic E-state index is 0.0383. The Labute approximate surface area is 200 Å². The van der Waals surface area contributed by atoms with Crippen LogP contribution in [0.5, 0.6) is 0 Å². The topological polar surface area (TPSA) is 99.9 Å². The number of aryl methyl sites for hydroxylation is 2. The van der Waals surface area contributed by atoms with Gasteiger partial charge in [0, 0.05) is 37.8 Å². The highest BCUT2D eigenvalue weighted by Gasteiger charge is 2.45. The molecule has 34 heavy (non-hydrogen) atoms. The number of oxime groups is 1. The minimum atomic E-state index is -0.344. The zero-order valence-corrected chi connectivity index (χ0v) is 20.4. The number of ether oxygens (including phenoxy) is 2. The van der Waals surface area contributed by atoms with Crippen molar-refractivity contribution in [3.8, 4) is 0 Å². The second-order valence-corrected chi connectivity index (χ2v) is 9.69. The number of nitrogens with zero attached hydrogens (tertiary/aromatic N) is 4. The Hall–Kier alpha value is -2.68. The molecule has 0 radical (unpaired) electrons. The SMILES string of the molecule is CCOC(=O)C1CCC2(CC1)CC(c1c(C)nc3c(cnn3CC)c1NC1CCOCC1)=NO2. The van der Waals surface area contributed by atoms with Gasteiger partial charge >= 0.3 is 5.97 Å². The number of rotatable bonds is 6. The fourth-order valence-corrected chi connectivity index (χ4v) is 5.55. The lowest BCUT2D eigenvalue weighted by Crippen LogP contribution is -2.37. The zero-order valence-electron chi connectivity index (χ0n) is 20.4. The molecule has 2 aromatic rings. The van der Waals surface area contributed by atoms with Crippen LogP contribution in [0.3, 0.4) is 0 Å². The van der Waals surface area contributed by atoms with E-state index in [-0.39, 0.29) is 17.5 Å². The van der Waals surface area contributed by atoms with Crippen LogP contribution in [0.1, 0.15) is 70.1 Å². The second kappa shape index (κ2) is 9.52. The summed E-state index contributed by atoms with van der Waals surface area (Å²) in [6, 6.07) is 0.333. The molecule has 0 unspecified atom stereocenters. The molecule has 2 fully saturated rings. The summed E-state index contributed by atoms with van der Waals surface area (Å²) in [4.78, 5) is 23.2. The summed E-state index contributed by atoms with van der Waals surface area (Å²) in [6.07, 6.45) is 7.71. The molecular formula is C25H35N5O4. The molecule has 2 aliphatic heterocycles. The van der Waals surface area contributed by atoms with E-state index in [1.807, 2.05) is 24.7 Å². The molecule has 9 nitrogen and oxygen atoms in total. The Morgan fingerprint density at radius 2 is 2.00 bits per heavy atom. The first-order valence-electron chi connectivity index (χ1n) is 12.7. The van der Waals surface area contributed by atoms with Crippen molar-refractivity contribution in [3.63, 3.8) is 0 Å². The van der Waals surface area contributed by atoms with Crippen LogP contribution >= 0.6 is 0 Å². The lowest BCUT2D eigenvalue weighted by Gasteiger charge is -2.34. The van der Waals surface area contributed by atoms with Gasteiger partial charge in [-0.2, -0.15) is 5.10 Å². The van der Waals surface area contributed by atoms with Gasteiger partial charge in [0.15, 0.2) is 5.65 Å². The van der Waals surface area contributed by atoms with Crippen molar-refractivity contribution in [3.05, 3.63) is 17.5 Å². The van der Waals surface area contributed by atoms with Crippen LogP contribution in [0.15, 0.2) is 11.4 Å². The highest BCUT2D eigenvalue weighted by molar-refractivity contribution is 6.12. The van der Waals surface area contributed by atoms with Crippen molar-refractivity contribution >= 4 is 28.4 Å². The molecule has 1 aliphatic carbocycles. The Kier molecular flexibility index (Phi) is 6.46. The molecule has 3 aliphatic rings. The molecule has 0 amide bonds. The first kappa shape index (κ1) is 23.1. The monoisotopic (exact) mass is 469 g/mol. The largest absolute Gasteiger partial charge is 0.466 e. The molecule has 2 aromatic heterocycles. The standard InChI is InChI=1S/C25H35N5O4/c1-4-30-23-19(15-26-30)22(28-18-8-12-32-13-9-18)21(16(3)27-23)20-14-25(34-29-20)10-6-17(7-11-25)24(31)33-5-2/h15,17-18H,4-14H2,1-3H3,(H,27,28). The first-order valence-corrected chi connectivity index (χ1v) is 12.7. The number of pyridine rings is 1. The lowest BCUT2D eigenvalue weighted by atomic mass is 9.76. The molecule has 1 N–H and O–H groups in total. The predicted molar refractivity (Wildman–Crippen MR) is 129 cm³/mol. The molecule has 184 valence electrons. The van der Waals surface area contributed by atoms with E-state index in [1.165, 1.54) is 0 Å². The smallest absolute Gasteiger partial charge is 0.308 e. The van der Waals surface area contributed by atoms with Crippen LogP contribution in [0.2, 0.25) is 0 Å². The van der Waals surface area contributed by atoms with Gasteiger partial charge in [0.2, 0.25) is 0 Å². The van der Waals surface area contributed by atoms with Crippen LogP contribution in [0, 0.1) is 12.8 Å². The van der Waals surface area contributed by atoms with Gasteiger partial charge in [-0.05, 0) is 59.3 Å². The van der Waals surface area contributed by atoms with Crippen LogP contribution in [0.4, 0.5) is 5.69 Å². The van der Waals surface area contributed by atoms with Gasteiger partial charge in [-0.15, -0.1) is 0 Å². The van der Waals surface area contributed by atoms with Crippen LogP contribution in [0.25, 0.3) is 11.0 Å². The molecule has 1 spiro atoms. The number of carbonyl (C=O) groups excluding carboxylic acids is 1. The Morgan fingerprint density at radius 1 is 1.24 bits per heavy atom. The highest BCUT2D eigenvalue weighted by atomic mass is 16.7. The molecule has 0 aromatic carbocycles. The van der Waals surface area contributed by atoms with Crippen molar-refractivity contribution in [2.45, 2.75) is 83.9 Å². The zero-order chi connectivity index (χ0) is 23.7. The minimum Gasteiger partial charge on any atom is -0.466 e. The predicted octanol–water partition coefficient (Wildman–Crippen LogP) is 3.97. The molecule has 0 bridgehead atoms. The summed E-state index contributed by atoms with van der Waals surface area (Å²) >= 11 is 0. The summed E-state index contributed by atoms with van der Waals surface area (Å²) < 4.78 is 12.7. The number of nitrogens with one attached hydrogen (secondary N) is 1. The van der Waals surface area contributed by atoms with E-state index in [4.69, 9.17) is 19.3 Å². The van der Waals surface area contributed by atoms with E-state index >= 15 is 0 Å². The van der Waals surface area contributed by atoms with Crippen molar-refractivity contribution in [2.75, 3.05) is 25.1 Å². The van der Waals surface area contributed by atoms with Gasteiger partial charge in [-0.1, -0.05) is 5.16 Å². The average Bonchev–Trinajstić information content (AvgIpc) is 3.44. The van der Waals surface area contributed by atoms with Crippen LogP contribution in [-0.2, 0) is 25.7 Å². The first-order chi connectivity index (χ1) is 16.5. The van der Waals surface area contributed by atoms with Gasteiger partial charge in [-0.25, -0.2) is 9.67 Å². The second-order valence-electron chi connectivity index (χ2n) is 9.69. The average molecular weight is 470 g/mol. The maximum atomic E-state index is 12.2. The van der Waals surface area contributed by atoms with E-state index in [9.17, 15) is 4.79 Å². The van der Waals surface area contributed by atoms with E-state index < -0.39 is 0 Å². The number of anilines is 1. The number of hydrogen-bond donors (Lipinski definition) is 1. The number of hydrogen-bond acceptors (Lipinski definition) is 8. The third-order valence-corrected chi connectivity index (χ3v) is 7.48. The molecule has 4 heterocycles. The van der Waals surface area contributed by atoms with Crippen molar-refractivity contribution in [1.82, 2.24) is 14.8 Å². The van der Waals surface area contributed by atoms with Gasteiger partial charge in [0.05, 0.1) is 41.2 Å². The molecule has 1 saturated carbocycles. The van der Waals surface area contributed by atoms with Crippen molar-refractivity contribution in [1.29, 1.82) is 0 Å². The highest BCUT2D eigenvalue weighted by Crippen LogP contribution is 2.43. The summed E-state index contributed by atoms with van der Waals surface area (Å²) in [5, 5.41) is 14.0. The van der Waals surface area contributed by atoms with Gasteiger partial charge < -0.3 is 19.6 Å². The number of carbonyl (C=O) groups is 1. The quantitative estimate of drug-likeness (QED) is 0.639. The van der Waals surface area contributed by atoms with E-state index in [2.05, 4.69) is 22.5 Å².